The number of rotatable bonds is 2. The minimum Gasteiger partial charge on any atom is -0.326 e. The average Bonchev–Trinajstić information content (AvgIpc) is 2.30. The number of benzene rings is 1. The Bertz CT molecular complexity index is 592. The van der Waals surface area contributed by atoms with Crippen LogP contribution in [0.4, 0.5) is 5.69 Å². The predicted molar refractivity (Wildman–Crippen MR) is 56.9 cm³/mol. The molecule has 0 unspecified atom stereocenters. The van der Waals surface area contributed by atoms with Gasteiger partial charge in [-0.1, -0.05) is 12.1 Å². The Morgan fingerprint density at radius 2 is 2.19 bits per heavy atom. The second-order valence-corrected chi connectivity index (χ2v) is 3.07. The summed E-state index contributed by atoms with van der Waals surface area (Å²) in [4.78, 5) is 27.8. The first kappa shape index (κ1) is 10.0. The van der Waals surface area contributed by atoms with E-state index < -0.39 is 4.92 Å². The SMILES string of the molecule is O=c1[nH]ccnc1-c1cccc([N+](=O)[O-])c1. The van der Waals surface area contributed by atoms with Crippen molar-refractivity contribution in [2.45, 2.75) is 0 Å². The molecule has 16 heavy (non-hydrogen) atoms. The van der Waals surface area contributed by atoms with E-state index in [1.54, 1.807) is 6.07 Å². The van der Waals surface area contributed by atoms with E-state index in [0.717, 1.165) is 0 Å². The largest absolute Gasteiger partial charge is 0.326 e. The van der Waals surface area contributed by atoms with Gasteiger partial charge in [0.15, 0.2) is 0 Å². The molecule has 0 radical (unpaired) electrons. The van der Waals surface area contributed by atoms with Gasteiger partial charge in [0.1, 0.15) is 5.69 Å². The molecule has 2 aromatic rings. The topological polar surface area (TPSA) is 88.9 Å². The number of nitro groups is 1. The van der Waals surface area contributed by atoms with Gasteiger partial charge < -0.3 is 4.98 Å². The molecule has 0 saturated carbocycles. The van der Waals surface area contributed by atoms with Crippen LogP contribution < -0.4 is 5.56 Å². The number of hydrogen-bond donors (Lipinski definition) is 1. The summed E-state index contributed by atoms with van der Waals surface area (Å²) in [7, 11) is 0. The molecule has 0 atom stereocenters. The molecule has 0 fully saturated rings. The zero-order valence-electron chi connectivity index (χ0n) is 8.08. The van der Waals surface area contributed by atoms with Crippen molar-refractivity contribution in [1.82, 2.24) is 9.97 Å². The van der Waals surface area contributed by atoms with Crippen LogP contribution in [0.1, 0.15) is 0 Å². The van der Waals surface area contributed by atoms with Gasteiger partial charge in [-0.15, -0.1) is 0 Å². The number of nitrogens with zero attached hydrogens (tertiary/aromatic N) is 2. The van der Waals surface area contributed by atoms with Gasteiger partial charge in [-0.3, -0.25) is 14.9 Å². The number of nitrogens with one attached hydrogen (secondary N) is 1. The molecule has 0 saturated heterocycles. The third kappa shape index (κ3) is 1.81. The molecule has 1 N–H and O–H groups in total. The first-order valence-electron chi connectivity index (χ1n) is 4.47. The van der Waals surface area contributed by atoms with Crippen molar-refractivity contribution in [1.29, 1.82) is 0 Å². The average molecular weight is 217 g/mol. The molecular formula is C10H7N3O3. The lowest BCUT2D eigenvalue weighted by molar-refractivity contribution is -0.384. The fourth-order valence-electron chi connectivity index (χ4n) is 1.32. The highest BCUT2D eigenvalue weighted by molar-refractivity contribution is 5.61. The monoisotopic (exact) mass is 217 g/mol. The first-order valence-corrected chi connectivity index (χ1v) is 4.47. The van der Waals surface area contributed by atoms with Crippen LogP contribution in [-0.4, -0.2) is 14.9 Å². The molecule has 1 aromatic carbocycles. The summed E-state index contributed by atoms with van der Waals surface area (Å²) < 4.78 is 0. The van der Waals surface area contributed by atoms with Gasteiger partial charge in [0.05, 0.1) is 4.92 Å². The van der Waals surface area contributed by atoms with Crippen molar-refractivity contribution in [3.8, 4) is 11.3 Å². The number of H-pyrrole nitrogens is 1. The van der Waals surface area contributed by atoms with Crippen molar-refractivity contribution in [2.24, 2.45) is 0 Å². The highest BCUT2D eigenvalue weighted by Gasteiger charge is 2.09. The van der Waals surface area contributed by atoms with Crippen LogP contribution in [0, 0.1) is 10.1 Å². The van der Waals surface area contributed by atoms with Crippen LogP contribution in [0.3, 0.4) is 0 Å². The molecule has 6 heteroatoms. The molecule has 2 rings (SSSR count). The second kappa shape index (κ2) is 3.93. The number of aromatic nitrogens is 2. The van der Waals surface area contributed by atoms with Gasteiger partial charge in [-0.25, -0.2) is 4.98 Å². The minimum atomic E-state index is -0.513. The summed E-state index contributed by atoms with van der Waals surface area (Å²) in [5.74, 6) is 0. The summed E-state index contributed by atoms with van der Waals surface area (Å²) in [5, 5.41) is 10.6. The Morgan fingerprint density at radius 1 is 1.38 bits per heavy atom. The summed E-state index contributed by atoms with van der Waals surface area (Å²) in [6.45, 7) is 0. The van der Waals surface area contributed by atoms with Gasteiger partial charge in [-0.2, -0.15) is 0 Å². The molecule has 1 aromatic heterocycles. The van der Waals surface area contributed by atoms with Gasteiger partial charge in [-0.05, 0) is 0 Å². The Kier molecular flexibility index (Phi) is 2.47. The standard InChI is InChI=1S/C10H7N3O3/c14-10-9(11-4-5-12-10)7-2-1-3-8(6-7)13(15)16/h1-6H,(H,12,14). The van der Waals surface area contributed by atoms with Gasteiger partial charge >= 0.3 is 0 Å². The first-order chi connectivity index (χ1) is 7.68. The number of aromatic amines is 1. The van der Waals surface area contributed by atoms with Crippen LogP contribution in [0.2, 0.25) is 0 Å². The predicted octanol–water partition coefficient (Wildman–Crippen LogP) is 1.35. The lowest BCUT2D eigenvalue weighted by atomic mass is 10.1. The van der Waals surface area contributed by atoms with Crippen molar-refractivity contribution in [3.63, 3.8) is 0 Å². The number of nitro benzene ring substituents is 1. The van der Waals surface area contributed by atoms with Gasteiger partial charge in [0, 0.05) is 30.1 Å². The normalized spacial score (nSPS) is 10.0. The van der Waals surface area contributed by atoms with Crippen molar-refractivity contribution in [3.05, 3.63) is 57.1 Å². The molecule has 0 aliphatic carbocycles. The maximum atomic E-state index is 11.4. The fraction of sp³-hybridized carbons (Fsp3) is 0. The highest BCUT2D eigenvalue weighted by Crippen LogP contribution is 2.19. The summed E-state index contributed by atoms with van der Waals surface area (Å²) in [6, 6.07) is 5.80. The van der Waals surface area contributed by atoms with E-state index in [4.69, 9.17) is 0 Å². The molecule has 0 amide bonds. The van der Waals surface area contributed by atoms with E-state index in [-0.39, 0.29) is 16.9 Å². The Labute approximate surface area is 89.7 Å². The van der Waals surface area contributed by atoms with Gasteiger partial charge in [0.25, 0.3) is 11.2 Å². The van der Waals surface area contributed by atoms with Crippen molar-refractivity contribution >= 4 is 5.69 Å². The van der Waals surface area contributed by atoms with Gasteiger partial charge in [0.2, 0.25) is 0 Å². The molecule has 1 heterocycles. The van der Waals surface area contributed by atoms with E-state index in [2.05, 4.69) is 9.97 Å². The molecule has 0 spiro atoms. The maximum absolute atomic E-state index is 11.4. The van der Waals surface area contributed by atoms with Crippen LogP contribution in [-0.2, 0) is 0 Å². The van der Waals surface area contributed by atoms with Crippen molar-refractivity contribution < 1.29 is 4.92 Å². The van der Waals surface area contributed by atoms with E-state index in [1.165, 1.54) is 30.6 Å². The summed E-state index contributed by atoms with van der Waals surface area (Å²) in [6.07, 6.45) is 2.83. The number of hydrogen-bond acceptors (Lipinski definition) is 4. The quantitative estimate of drug-likeness (QED) is 0.607. The highest BCUT2D eigenvalue weighted by atomic mass is 16.6. The molecular weight excluding hydrogens is 210 g/mol. The van der Waals surface area contributed by atoms with Crippen molar-refractivity contribution in [2.75, 3.05) is 0 Å². The minimum absolute atomic E-state index is 0.0671. The zero-order valence-corrected chi connectivity index (χ0v) is 8.08. The second-order valence-electron chi connectivity index (χ2n) is 3.07. The van der Waals surface area contributed by atoms with E-state index in [0.29, 0.717) is 5.56 Å². The summed E-state index contributed by atoms with van der Waals surface area (Å²) in [5.41, 5.74) is 0.160. The molecule has 0 bridgehead atoms. The number of non-ortho nitro benzene ring substituents is 1. The third-order valence-corrected chi connectivity index (χ3v) is 2.04. The molecule has 0 aliphatic rings. The maximum Gasteiger partial charge on any atom is 0.274 e. The molecule has 80 valence electrons. The Hall–Kier alpha value is -2.50. The lowest BCUT2D eigenvalue weighted by Gasteiger charge is -1.98. The van der Waals surface area contributed by atoms with Crippen LogP contribution >= 0.6 is 0 Å². The third-order valence-electron chi connectivity index (χ3n) is 2.04. The Balaban J connectivity index is 2.57. The van der Waals surface area contributed by atoms with Crippen LogP contribution in [0.25, 0.3) is 11.3 Å². The lowest BCUT2D eigenvalue weighted by Crippen LogP contribution is -2.09. The van der Waals surface area contributed by atoms with E-state index >= 15 is 0 Å². The summed E-state index contributed by atoms with van der Waals surface area (Å²) >= 11 is 0. The Morgan fingerprint density at radius 3 is 2.88 bits per heavy atom. The zero-order chi connectivity index (χ0) is 11.5. The van der Waals surface area contributed by atoms with E-state index in [9.17, 15) is 14.9 Å². The van der Waals surface area contributed by atoms with E-state index in [1.807, 2.05) is 0 Å². The van der Waals surface area contributed by atoms with Crippen LogP contribution in [0.15, 0.2) is 41.5 Å². The molecule has 6 nitrogen and oxygen atoms in total. The fourth-order valence-corrected chi connectivity index (χ4v) is 1.32. The molecule has 0 aliphatic heterocycles. The van der Waals surface area contributed by atoms with Crippen LogP contribution in [0.5, 0.6) is 0 Å². The smallest absolute Gasteiger partial charge is 0.274 e.